The van der Waals surface area contributed by atoms with Crippen LogP contribution in [0, 0.1) is 5.92 Å². The van der Waals surface area contributed by atoms with Crippen LogP contribution in [0.2, 0.25) is 0 Å². The number of urea groups is 1. The second-order valence-corrected chi connectivity index (χ2v) is 5.95. The molecule has 2 saturated heterocycles. The van der Waals surface area contributed by atoms with Gasteiger partial charge in [0.1, 0.15) is 0 Å². The van der Waals surface area contributed by atoms with Gasteiger partial charge in [-0.15, -0.1) is 0 Å². The summed E-state index contributed by atoms with van der Waals surface area (Å²) in [6.07, 6.45) is 4.36. The highest BCUT2D eigenvalue weighted by Crippen LogP contribution is 2.14. The van der Waals surface area contributed by atoms with Crippen LogP contribution >= 0.6 is 0 Å². The fourth-order valence-electron chi connectivity index (χ4n) is 2.89. The van der Waals surface area contributed by atoms with Crippen molar-refractivity contribution < 1.29 is 9.59 Å². The number of hydrogen-bond acceptors (Lipinski definition) is 2. The SMILES string of the molecule is CCC(C)C(=O)N1CCN(C(=O)N2CCCCC2)CC1. The van der Waals surface area contributed by atoms with Crippen molar-refractivity contribution in [2.24, 2.45) is 5.92 Å². The number of amides is 3. The molecule has 0 aromatic heterocycles. The van der Waals surface area contributed by atoms with Gasteiger partial charge in [0.25, 0.3) is 0 Å². The summed E-state index contributed by atoms with van der Waals surface area (Å²) < 4.78 is 0. The second kappa shape index (κ2) is 6.95. The number of piperazine rings is 1. The van der Waals surface area contributed by atoms with Crippen molar-refractivity contribution in [2.75, 3.05) is 39.3 Å². The first-order chi connectivity index (χ1) is 9.63. The van der Waals surface area contributed by atoms with Gasteiger partial charge in [0.2, 0.25) is 5.91 Å². The molecule has 0 aromatic rings. The lowest BCUT2D eigenvalue weighted by Gasteiger charge is -2.39. The zero-order chi connectivity index (χ0) is 14.5. The minimum Gasteiger partial charge on any atom is -0.339 e. The number of piperidine rings is 1. The Kier molecular flexibility index (Phi) is 5.26. The highest BCUT2D eigenvalue weighted by Gasteiger charge is 2.28. The first-order valence-electron chi connectivity index (χ1n) is 7.96. The van der Waals surface area contributed by atoms with Crippen LogP contribution in [0.15, 0.2) is 0 Å². The first-order valence-corrected chi connectivity index (χ1v) is 7.96. The van der Waals surface area contributed by atoms with E-state index in [1.807, 2.05) is 28.5 Å². The molecule has 0 aliphatic carbocycles. The monoisotopic (exact) mass is 281 g/mol. The average Bonchev–Trinajstić information content (AvgIpc) is 2.53. The van der Waals surface area contributed by atoms with E-state index in [-0.39, 0.29) is 17.9 Å². The number of likely N-dealkylation sites (tertiary alicyclic amines) is 1. The van der Waals surface area contributed by atoms with Gasteiger partial charge in [0, 0.05) is 45.2 Å². The summed E-state index contributed by atoms with van der Waals surface area (Å²) in [7, 11) is 0. The summed E-state index contributed by atoms with van der Waals surface area (Å²) in [5.74, 6) is 0.330. The van der Waals surface area contributed by atoms with Crippen LogP contribution < -0.4 is 0 Å². The third-order valence-electron chi connectivity index (χ3n) is 4.52. The Morgan fingerprint density at radius 3 is 1.90 bits per heavy atom. The Bertz CT molecular complexity index is 345. The van der Waals surface area contributed by atoms with Crippen LogP contribution in [-0.4, -0.2) is 65.9 Å². The molecule has 0 spiro atoms. The van der Waals surface area contributed by atoms with Gasteiger partial charge < -0.3 is 14.7 Å². The van der Waals surface area contributed by atoms with Crippen molar-refractivity contribution in [1.82, 2.24) is 14.7 Å². The Morgan fingerprint density at radius 1 is 0.850 bits per heavy atom. The van der Waals surface area contributed by atoms with Crippen molar-refractivity contribution in [3.05, 3.63) is 0 Å². The molecule has 2 rings (SSSR count). The van der Waals surface area contributed by atoms with Gasteiger partial charge >= 0.3 is 6.03 Å². The van der Waals surface area contributed by atoms with E-state index in [2.05, 4.69) is 0 Å². The van der Waals surface area contributed by atoms with Crippen molar-refractivity contribution in [2.45, 2.75) is 39.5 Å². The highest BCUT2D eigenvalue weighted by molar-refractivity contribution is 5.79. The van der Waals surface area contributed by atoms with Gasteiger partial charge in [-0.25, -0.2) is 4.79 Å². The normalized spacial score (nSPS) is 21.8. The van der Waals surface area contributed by atoms with Crippen LogP contribution in [0.1, 0.15) is 39.5 Å². The number of nitrogens with zero attached hydrogens (tertiary/aromatic N) is 3. The summed E-state index contributed by atoms with van der Waals surface area (Å²) in [6.45, 7) is 8.53. The van der Waals surface area contributed by atoms with Crippen molar-refractivity contribution >= 4 is 11.9 Å². The number of rotatable bonds is 2. The lowest BCUT2D eigenvalue weighted by molar-refractivity contribution is -0.136. The fraction of sp³-hybridized carbons (Fsp3) is 0.867. The maximum Gasteiger partial charge on any atom is 0.320 e. The molecule has 2 fully saturated rings. The van der Waals surface area contributed by atoms with E-state index >= 15 is 0 Å². The fourth-order valence-corrected chi connectivity index (χ4v) is 2.89. The molecule has 2 heterocycles. The third-order valence-corrected chi connectivity index (χ3v) is 4.52. The molecular formula is C15H27N3O2. The van der Waals surface area contributed by atoms with Crippen LogP contribution in [-0.2, 0) is 4.79 Å². The minimum atomic E-state index is 0.0966. The minimum absolute atomic E-state index is 0.0966. The summed E-state index contributed by atoms with van der Waals surface area (Å²) in [5, 5.41) is 0. The Morgan fingerprint density at radius 2 is 1.35 bits per heavy atom. The van der Waals surface area contributed by atoms with Crippen LogP contribution in [0.4, 0.5) is 4.79 Å². The molecule has 2 aliphatic rings. The molecule has 0 aromatic carbocycles. The van der Waals surface area contributed by atoms with E-state index in [4.69, 9.17) is 0 Å². The van der Waals surface area contributed by atoms with E-state index < -0.39 is 0 Å². The van der Waals surface area contributed by atoms with E-state index in [0.29, 0.717) is 26.2 Å². The maximum absolute atomic E-state index is 12.4. The van der Waals surface area contributed by atoms with E-state index in [9.17, 15) is 9.59 Å². The van der Waals surface area contributed by atoms with Crippen LogP contribution in [0.25, 0.3) is 0 Å². The largest absolute Gasteiger partial charge is 0.339 e. The van der Waals surface area contributed by atoms with Crippen molar-refractivity contribution in [1.29, 1.82) is 0 Å². The van der Waals surface area contributed by atoms with Gasteiger partial charge in [-0.2, -0.15) is 0 Å². The molecule has 3 amide bonds. The Balaban J connectivity index is 1.81. The molecule has 5 nitrogen and oxygen atoms in total. The average molecular weight is 281 g/mol. The van der Waals surface area contributed by atoms with Gasteiger partial charge in [-0.05, 0) is 25.7 Å². The standard InChI is InChI=1S/C15H27N3O2/c1-3-13(2)14(19)16-9-11-18(12-10-16)15(20)17-7-5-4-6-8-17/h13H,3-12H2,1-2H3. The number of hydrogen-bond donors (Lipinski definition) is 0. The van der Waals surface area contributed by atoms with Crippen molar-refractivity contribution in [3.8, 4) is 0 Å². The lowest BCUT2D eigenvalue weighted by atomic mass is 10.1. The van der Waals surface area contributed by atoms with Crippen molar-refractivity contribution in [3.63, 3.8) is 0 Å². The summed E-state index contributed by atoms with van der Waals surface area (Å²) >= 11 is 0. The van der Waals surface area contributed by atoms with Gasteiger partial charge in [0.05, 0.1) is 0 Å². The van der Waals surface area contributed by atoms with Gasteiger partial charge in [0.15, 0.2) is 0 Å². The molecule has 114 valence electrons. The highest BCUT2D eigenvalue weighted by atomic mass is 16.2. The number of carbonyl (C=O) groups excluding carboxylic acids is 2. The molecule has 0 radical (unpaired) electrons. The van der Waals surface area contributed by atoms with E-state index in [1.54, 1.807) is 0 Å². The quantitative estimate of drug-likeness (QED) is 0.774. The second-order valence-electron chi connectivity index (χ2n) is 5.95. The van der Waals surface area contributed by atoms with Gasteiger partial charge in [-0.3, -0.25) is 4.79 Å². The summed E-state index contributed by atoms with van der Waals surface area (Å²) in [6, 6.07) is 0.167. The molecule has 0 bridgehead atoms. The Labute approximate surface area is 121 Å². The van der Waals surface area contributed by atoms with Crippen LogP contribution in [0.3, 0.4) is 0 Å². The smallest absolute Gasteiger partial charge is 0.320 e. The molecule has 2 aliphatic heterocycles. The predicted molar refractivity (Wildman–Crippen MR) is 78.4 cm³/mol. The van der Waals surface area contributed by atoms with Crippen LogP contribution in [0.5, 0.6) is 0 Å². The molecule has 20 heavy (non-hydrogen) atoms. The lowest BCUT2D eigenvalue weighted by Crippen LogP contribution is -2.55. The number of carbonyl (C=O) groups is 2. The van der Waals surface area contributed by atoms with Gasteiger partial charge in [-0.1, -0.05) is 13.8 Å². The maximum atomic E-state index is 12.4. The zero-order valence-corrected chi connectivity index (χ0v) is 12.8. The molecule has 1 atom stereocenters. The molecule has 0 saturated carbocycles. The summed E-state index contributed by atoms with van der Waals surface area (Å²) in [4.78, 5) is 30.3. The predicted octanol–water partition coefficient (Wildman–Crippen LogP) is 1.78. The first kappa shape index (κ1) is 15.1. The van der Waals surface area contributed by atoms with E-state index in [0.717, 1.165) is 32.4 Å². The third kappa shape index (κ3) is 3.44. The topological polar surface area (TPSA) is 43.9 Å². The van der Waals surface area contributed by atoms with E-state index in [1.165, 1.54) is 6.42 Å². The molecule has 5 heteroatoms. The Hall–Kier alpha value is -1.26. The molecule has 0 N–H and O–H groups in total. The summed E-state index contributed by atoms with van der Waals surface area (Å²) in [5.41, 5.74) is 0. The molecular weight excluding hydrogens is 254 g/mol. The zero-order valence-electron chi connectivity index (χ0n) is 12.8. The molecule has 1 unspecified atom stereocenters.